The Kier molecular flexibility index (Phi) is 5.20. The van der Waals surface area contributed by atoms with E-state index < -0.39 is 0 Å². The quantitative estimate of drug-likeness (QED) is 0.897. The number of amides is 3. The Balaban J connectivity index is 1.55. The number of nitrogens with zero attached hydrogens (tertiary/aromatic N) is 4. The number of carbonyl (C=O) groups excluding carboxylic acids is 2. The normalized spacial score (nSPS) is 13.3. The molecule has 1 aromatic heterocycles. The highest BCUT2D eigenvalue weighted by molar-refractivity contribution is 5.78. The van der Waals surface area contributed by atoms with Crippen LogP contribution < -0.4 is 5.32 Å². The Morgan fingerprint density at radius 2 is 2.08 bits per heavy atom. The first kappa shape index (κ1) is 17.9. The molecule has 3 rings (SSSR count). The number of fused-ring (bicyclic) bond motifs is 1. The minimum Gasteiger partial charge on any atom is -0.350 e. The van der Waals surface area contributed by atoms with E-state index >= 15 is 0 Å². The summed E-state index contributed by atoms with van der Waals surface area (Å²) in [6, 6.07) is 7.88. The van der Waals surface area contributed by atoms with E-state index in [9.17, 15) is 14.0 Å². The molecule has 1 aliphatic rings. The lowest BCUT2D eigenvalue weighted by Crippen LogP contribution is -2.43. The van der Waals surface area contributed by atoms with Gasteiger partial charge in [0.1, 0.15) is 5.82 Å². The second kappa shape index (κ2) is 7.55. The molecule has 1 N–H and O–H groups in total. The molecule has 8 heteroatoms. The average Bonchev–Trinajstić information content (AvgIpc) is 3.01. The molecule has 26 heavy (non-hydrogen) atoms. The first-order chi connectivity index (χ1) is 12.4. The lowest BCUT2D eigenvalue weighted by atomic mass is 10.1. The Hall–Kier alpha value is -2.90. The largest absolute Gasteiger partial charge is 0.350 e. The number of rotatable bonds is 4. The summed E-state index contributed by atoms with van der Waals surface area (Å²) in [5.74, 6) is -0.542. The predicted molar refractivity (Wildman–Crippen MR) is 93.7 cm³/mol. The van der Waals surface area contributed by atoms with Crippen molar-refractivity contribution in [3.05, 3.63) is 53.1 Å². The minimum atomic E-state index is -0.353. The molecule has 1 aromatic carbocycles. The molecule has 2 aromatic rings. The van der Waals surface area contributed by atoms with Crippen LogP contribution in [0, 0.1) is 5.82 Å². The van der Waals surface area contributed by atoms with Gasteiger partial charge in [0.05, 0.1) is 37.4 Å². The van der Waals surface area contributed by atoms with Crippen molar-refractivity contribution in [3.63, 3.8) is 0 Å². The van der Waals surface area contributed by atoms with Gasteiger partial charge in [-0.15, -0.1) is 0 Å². The molecule has 0 saturated heterocycles. The van der Waals surface area contributed by atoms with E-state index in [0.717, 1.165) is 11.4 Å². The molecular formula is C18H22FN5O2. The van der Waals surface area contributed by atoms with Crippen molar-refractivity contribution in [1.29, 1.82) is 0 Å². The van der Waals surface area contributed by atoms with Crippen LogP contribution in [0.25, 0.3) is 0 Å². The topological polar surface area (TPSA) is 70.5 Å². The van der Waals surface area contributed by atoms with Gasteiger partial charge in [0.2, 0.25) is 5.91 Å². The van der Waals surface area contributed by atoms with Crippen LogP contribution in [0.1, 0.15) is 17.0 Å². The maximum absolute atomic E-state index is 13.2. The van der Waals surface area contributed by atoms with Crippen LogP contribution in [0.2, 0.25) is 0 Å². The standard InChI is InChI=1S/C18H22FN5O2/c1-22(2)18(26)23-6-7-24-16(12-23)10-15(21-24)11-20-17(25)9-13-4-3-5-14(19)8-13/h3-5,8,10H,6-7,9,11-12H2,1-2H3,(H,20,25). The van der Waals surface area contributed by atoms with Gasteiger partial charge in [0.25, 0.3) is 0 Å². The number of halogens is 1. The van der Waals surface area contributed by atoms with Gasteiger partial charge in [-0.1, -0.05) is 12.1 Å². The molecule has 0 spiro atoms. The van der Waals surface area contributed by atoms with Crippen LogP contribution in [0.4, 0.5) is 9.18 Å². The van der Waals surface area contributed by atoms with Crippen LogP contribution in [-0.4, -0.2) is 52.2 Å². The van der Waals surface area contributed by atoms with E-state index in [1.165, 1.54) is 12.1 Å². The Bertz CT molecular complexity index is 818. The molecule has 0 aliphatic carbocycles. The highest BCUT2D eigenvalue weighted by atomic mass is 19.1. The lowest BCUT2D eigenvalue weighted by Gasteiger charge is -2.29. The van der Waals surface area contributed by atoms with Gasteiger partial charge in [-0.2, -0.15) is 5.10 Å². The maximum atomic E-state index is 13.2. The fourth-order valence-electron chi connectivity index (χ4n) is 2.94. The van der Waals surface area contributed by atoms with Crippen LogP contribution in [-0.2, 0) is 30.8 Å². The molecule has 138 valence electrons. The molecule has 0 radical (unpaired) electrons. The van der Waals surface area contributed by atoms with Gasteiger partial charge >= 0.3 is 6.03 Å². The van der Waals surface area contributed by atoms with Crippen LogP contribution in [0.15, 0.2) is 30.3 Å². The van der Waals surface area contributed by atoms with Crippen LogP contribution in [0.5, 0.6) is 0 Å². The van der Waals surface area contributed by atoms with Crippen molar-refractivity contribution in [3.8, 4) is 0 Å². The number of hydrogen-bond acceptors (Lipinski definition) is 3. The zero-order chi connectivity index (χ0) is 18.7. The van der Waals surface area contributed by atoms with Crippen molar-refractivity contribution in [2.75, 3.05) is 20.6 Å². The third-order valence-electron chi connectivity index (χ3n) is 4.22. The van der Waals surface area contributed by atoms with Gasteiger partial charge in [-0.3, -0.25) is 9.48 Å². The van der Waals surface area contributed by atoms with Crippen molar-refractivity contribution >= 4 is 11.9 Å². The number of nitrogens with one attached hydrogen (secondary N) is 1. The molecule has 0 unspecified atom stereocenters. The Morgan fingerprint density at radius 3 is 2.81 bits per heavy atom. The van der Waals surface area contributed by atoms with Crippen molar-refractivity contribution in [1.82, 2.24) is 24.9 Å². The van der Waals surface area contributed by atoms with Crippen LogP contribution in [0.3, 0.4) is 0 Å². The fourth-order valence-corrected chi connectivity index (χ4v) is 2.94. The van der Waals surface area contributed by atoms with E-state index in [-0.39, 0.29) is 24.2 Å². The summed E-state index contributed by atoms with van der Waals surface area (Å²) in [5, 5.41) is 7.28. The van der Waals surface area contributed by atoms with Gasteiger partial charge in [-0.25, -0.2) is 9.18 Å². The number of aromatic nitrogens is 2. The molecule has 2 heterocycles. The van der Waals surface area contributed by atoms with E-state index in [1.54, 1.807) is 36.0 Å². The number of hydrogen-bond donors (Lipinski definition) is 1. The fraction of sp³-hybridized carbons (Fsp3) is 0.389. The molecule has 0 saturated carbocycles. The Labute approximate surface area is 151 Å². The van der Waals surface area contributed by atoms with Crippen LogP contribution >= 0.6 is 0 Å². The molecule has 0 fully saturated rings. The molecule has 3 amide bonds. The zero-order valence-corrected chi connectivity index (χ0v) is 14.9. The minimum absolute atomic E-state index is 0.0256. The lowest BCUT2D eigenvalue weighted by molar-refractivity contribution is -0.120. The number of benzene rings is 1. The highest BCUT2D eigenvalue weighted by Gasteiger charge is 2.23. The van der Waals surface area contributed by atoms with Crippen molar-refractivity contribution in [2.24, 2.45) is 0 Å². The smallest absolute Gasteiger partial charge is 0.319 e. The summed E-state index contributed by atoms with van der Waals surface area (Å²) < 4.78 is 15.0. The SMILES string of the molecule is CN(C)C(=O)N1CCn2nc(CNC(=O)Cc3cccc(F)c3)cc2C1. The molecule has 1 aliphatic heterocycles. The molecular weight excluding hydrogens is 337 g/mol. The predicted octanol–water partition coefficient (Wildman–Crippen LogP) is 1.38. The maximum Gasteiger partial charge on any atom is 0.319 e. The van der Waals surface area contributed by atoms with E-state index in [0.29, 0.717) is 31.7 Å². The van der Waals surface area contributed by atoms with E-state index in [1.807, 2.05) is 10.7 Å². The first-order valence-corrected chi connectivity index (χ1v) is 8.45. The second-order valence-electron chi connectivity index (χ2n) is 6.53. The van der Waals surface area contributed by atoms with Gasteiger partial charge in [-0.05, 0) is 23.8 Å². The zero-order valence-electron chi connectivity index (χ0n) is 14.9. The third kappa shape index (κ3) is 4.19. The Morgan fingerprint density at radius 1 is 1.27 bits per heavy atom. The van der Waals surface area contributed by atoms with Gasteiger partial charge in [0.15, 0.2) is 0 Å². The summed E-state index contributed by atoms with van der Waals surface area (Å²) in [5.41, 5.74) is 2.32. The second-order valence-corrected chi connectivity index (χ2v) is 6.53. The van der Waals surface area contributed by atoms with Crippen molar-refractivity contribution < 1.29 is 14.0 Å². The van der Waals surface area contributed by atoms with Crippen molar-refractivity contribution in [2.45, 2.75) is 26.1 Å². The highest BCUT2D eigenvalue weighted by Crippen LogP contribution is 2.15. The van der Waals surface area contributed by atoms with E-state index in [4.69, 9.17) is 0 Å². The summed E-state index contributed by atoms with van der Waals surface area (Å²) in [6.07, 6.45) is 0.121. The van der Waals surface area contributed by atoms with Gasteiger partial charge < -0.3 is 15.1 Å². The summed E-state index contributed by atoms with van der Waals surface area (Å²) in [4.78, 5) is 27.4. The average molecular weight is 359 g/mol. The van der Waals surface area contributed by atoms with E-state index in [2.05, 4.69) is 10.4 Å². The summed E-state index contributed by atoms with van der Waals surface area (Å²) in [7, 11) is 3.46. The molecule has 7 nitrogen and oxygen atoms in total. The third-order valence-corrected chi connectivity index (χ3v) is 4.22. The summed E-state index contributed by atoms with van der Waals surface area (Å²) in [6.45, 7) is 2.04. The molecule has 0 atom stereocenters. The summed E-state index contributed by atoms with van der Waals surface area (Å²) >= 11 is 0. The molecule has 0 bridgehead atoms. The first-order valence-electron chi connectivity index (χ1n) is 8.45. The number of carbonyl (C=O) groups is 2. The van der Waals surface area contributed by atoms with Gasteiger partial charge in [0, 0.05) is 20.6 Å². The monoisotopic (exact) mass is 359 g/mol. The number of urea groups is 1.